The van der Waals surface area contributed by atoms with Crippen molar-refractivity contribution in [2.75, 3.05) is 6.61 Å². The molecule has 0 amide bonds. The minimum absolute atomic E-state index is 0.343. The number of carboxylic acid groups (broad SMARTS) is 1. The summed E-state index contributed by atoms with van der Waals surface area (Å²) < 4.78 is 4.58. The maximum atomic E-state index is 10.2. The molecule has 0 aliphatic carbocycles. The smallest absolute Gasteiger partial charge is 0.303 e. The zero-order chi connectivity index (χ0) is 19.9. The lowest BCUT2D eigenvalue weighted by atomic mass is 10.00. The van der Waals surface area contributed by atoms with Gasteiger partial charge in [0.15, 0.2) is 6.29 Å². The van der Waals surface area contributed by atoms with Crippen molar-refractivity contribution < 1.29 is 40.2 Å². The highest BCUT2D eigenvalue weighted by molar-refractivity contribution is 5.66. The summed E-state index contributed by atoms with van der Waals surface area (Å²) in [4.78, 5) is 10.2. The second-order valence-corrected chi connectivity index (χ2v) is 6.69. The third-order valence-corrected chi connectivity index (χ3v) is 4.36. The number of rotatable bonds is 11. The Balaban J connectivity index is 0.000000485. The molecule has 0 aromatic heterocycles. The Morgan fingerprint density at radius 2 is 1.31 bits per heavy atom. The number of carbonyl (C=O) groups is 1. The molecule has 26 heavy (non-hydrogen) atoms. The molecule has 6 N–H and O–H groups in total. The number of ether oxygens (including phenoxy) is 1. The van der Waals surface area contributed by atoms with Gasteiger partial charge in [0.1, 0.15) is 24.4 Å². The summed E-state index contributed by atoms with van der Waals surface area (Å²) in [5.41, 5.74) is 0. The zero-order valence-corrected chi connectivity index (χ0v) is 15.7. The van der Waals surface area contributed by atoms with Gasteiger partial charge in [0, 0.05) is 6.42 Å². The molecule has 1 saturated heterocycles. The Labute approximate surface area is 155 Å². The van der Waals surface area contributed by atoms with Crippen molar-refractivity contribution in [3.8, 4) is 0 Å². The Morgan fingerprint density at radius 3 is 1.77 bits per heavy atom. The number of hydrogen-bond donors (Lipinski definition) is 6. The van der Waals surface area contributed by atoms with Gasteiger partial charge >= 0.3 is 5.97 Å². The number of hydrogen-bond acceptors (Lipinski definition) is 7. The monoisotopic (exact) mass is 380 g/mol. The molecule has 0 unspecified atom stereocenters. The molecule has 0 radical (unpaired) electrons. The summed E-state index contributed by atoms with van der Waals surface area (Å²) in [6.07, 6.45) is 4.44. The Bertz CT molecular complexity index is 347. The van der Waals surface area contributed by atoms with Crippen molar-refractivity contribution in [1.29, 1.82) is 0 Å². The van der Waals surface area contributed by atoms with Crippen LogP contribution in [-0.4, -0.2) is 73.9 Å². The van der Waals surface area contributed by atoms with Crippen LogP contribution in [0.15, 0.2) is 0 Å². The van der Waals surface area contributed by atoms with E-state index in [4.69, 9.17) is 30.6 Å². The van der Waals surface area contributed by atoms with Gasteiger partial charge in [-0.1, -0.05) is 58.3 Å². The van der Waals surface area contributed by atoms with Crippen molar-refractivity contribution in [1.82, 2.24) is 0 Å². The van der Waals surface area contributed by atoms with Crippen LogP contribution in [0.5, 0.6) is 0 Å². The predicted molar refractivity (Wildman–Crippen MR) is 95.5 cm³/mol. The van der Waals surface area contributed by atoms with E-state index >= 15 is 0 Å². The number of carboxylic acids is 1. The molecule has 1 heterocycles. The largest absolute Gasteiger partial charge is 0.481 e. The van der Waals surface area contributed by atoms with Crippen LogP contribution in [-0.2, 0) is 9.53 Å². The first-order valence-corrected chi connectivity index (χ1v) is 9.55. The van der Waals surface area contributed by atoms with Crippen LogP contribution in [0.2, 0.25) is 0 Å². The predicted octanol–water partition coefficient (Wildman–Crippen LogP) is 0.770. The summed E-state index contributed by atoms with van der Waals surface area (Å²) in [5, 5.41) is 53.1. The SMILES string of the molecule is CCCCCCCCCCCC(=O)O.OC[C@H]1O[C@H](O)[C@H](O)[C@@H](O)[C@@H]1O. The molecule has 8 heteroatoms. The van der Waals surface area contributed by atoms with E-state index in [1.165, 1.54) is 44.9 Å². The Hall–Kier alpha value is -0.770. The lowest BCUT2D eigenvalue weighted by molar-refractivity contribution is -0.286. The minimum atomic E-state index is -1.57. The second-order valence-electron chi connectivity index (χ2n) is 6.69. The highest BCUT2D eigenvalue weighted by Crippen LogP contribution is 2.19. The quantitative estimate of drug-likeness (QED) is 0.288. The van der Waals surface area contributed by atoms with E-state index < -0.39 is 43.3 Å². The molecule has 1 aliphatic rings. The molecule has 5 atom stereocenters. The van der Waals surface area contributed by atoms with E-state index in [9.17, 15) is 4.79 Å². The fraction of sp³-hybridized carbons (Fsp3) is 0.944. The zero-order valence-electron chi connectivity index (χ0n) is 15.7. The first-order valence-electron chi connectivity index (χ1n) is 9.55. The highest BCUT2D eigenvalue weighted by atomic mass is 16.6. The van der Waals surface area contributed by atoms with E-state index in [0.29, 0.717) is 6.42 Å². The van der Waals surface area contributed by atoms with Crippen molar-refractivity contribution in [2.24, 2.45) is 0 Å². The average Bonchev–Trinajstić information content (AvgIpc) is 2.62. The molecule has 0 spiro atoms. The standard InChI is InChI=1S/C12H24O2.C6H12O6/c1-2-3-4-5-6-7-8-9-10-11-12(13)14;7-1-2-3(8)4(9)5(10)6(11)12-2/h2-11H2,1H3,(H,13,14);2-11H,1H2/t;2-,3-,4+,5-,6+/m.1/s1. The molecule has 0 bridgehead atoms. The molecule has 1 fully saturated rings. The van der Waals surface area contributed by atoms with Crippen molar-refractivity contribution in [3.05, 3.63) is 0 Å². The molecule has 156 valence electrons. The van der Waals surface area contributed by atoms with Crippen molar-refractivity contribution in [3.63, 3.8) is 0 Å². The van der Waals surface area contributed by atoms with Crippen LogP contribution in [0.4, 0.5) is 0 Å². The summed E-state index contributed by atoms with van der Waals surface area (Å²) in [6.45, 7) is 1.70. The average molecular weight is 380 g/mol. The molecular weight excluding hydrogens is 344 g/mol. The number of aliphatic hydroxyl groups excluding tert-OH is 5. The first-order chi connectivity index (χ1) is 12.3. The summed E-state index contributed by atoms with van der Waals surface area (Å²) in [6, 6.07) is 0. The first kappa shape index (κ1) is 25.2. The van der Waals surface area contributed by atoms with Gasteiger partial charge in [0.2, 0.25) is 0 Å². The fourth-order valence-electron chi connectivity index (χ4n) is 2.67. The van der Waals surface area contributed by atoms with Crippen LogP contribution in [0.25, 0.3) is 0 Å². The Morgan fingerprint density at radius 1 is 0.808 bits per heavy atom. The van der Waals surface area contributed by atoms with E-state index in [1.807, 2.05) is 0 Å². The maximum absolute atomic E-state index is 10.2. The van der Waals surface area contributed by atoms with Gasteiger partial charge < -0.3 is 35.4 Å². The molecular formula is C18H36O8. The Kier molecular flexibility index (Phi) is 14.9. The third kappa shape index (κ3) is 11.1. The van der Waals surface area contributed by atoms with E-state index in [2.05, 4.69) is 11.7 Å². The molecule has 1 rings (SSSR count). The highest BCUT2D eigenvalue weighted by Gasteiger charge is 2.42. The van der Waals surface area contributed by atoms with Crippen LogP contribution in [0.1, 0.15) is 71.1 Å². The van der Waals surface area contributed by atoms with Gasteiger partial charge in [0.05, 0.1) is 6.61 Å². The minimum Gasteiger partial charge on any atom is -0.481 e. The molecule has 0 aromatic carbocycles. The number of aliphatic hydroxyl groups is 5. The normalized spacial score (nSPS) is 28.3. The van der Waals surface area contributed by atoms with E-state index in [1.54, 1.807) is 0 Å². The second kappa shape index (κ2) is 15.3. The maximum Gasteiger partial charge on any atom is 0.303 e. The molecule has 8 nitrogen and oxygen atoms in total. The summed E-state index contributed by atoms with van der Waals surface area (Å²) >= 11 is 0. The van der Waals surface area contributed by atoms with E-state index in [-0.39, 0.29) is 0 Å². The van der Waals surface area contributed by atoms with Crippen LogP contribution >= 0.6 is 0 Å². The molecule has 1 aliphatic heterocycles. The van der Waals surface area contributed by atoms with Gasteiger partial charge in [0.25, 0.3) is 0 Å². The van der Waals surface area contributed by atoms with E-state index in [0.717, 1.165) is 12.8 Å². The summed E-state index contributed by atoms with van der Waals surface area (Å²) in [7, 11) is 0. The van der Waals surface area contributed by atoms with Crippen molar-refractivity contribution >= 4 is 5.97 Å². The lowest BCUT2D eigenvalue weighted by Crippen LogP contribution is -2.58. The number of aliphatic carboxylic acids is 1. The van der Waals surface area contributed by atoms with Crippen LogP contribution < -0.4 is 0 Å². The topological polar surface area (TPSA) is 148 Å². The number of unbranched alkanes of at least 4 members (excludes halogenated alkanes) is 8. The van der Waals surface area contributed by atoms with Crippen LogP contribution in [0, 0.1) is 0 Å². The fourth-order valence-corrected chi connectivity index (χ4v) is 2.67. The molecule has 0 saturated carbocycles. The summed E-state index contributed by atoms with van der Waals surface area (Å²) in [5.74, 6) is -0.659. The van der Waals surface area contributed by atoms with Gasteiger partial charge in [-0.3, -0.25) is 4.79 Å². The molecule has 0 aromatic rings. The van der Waals surface area contributed by atoms with Gasteiger partial charge in [-0.25, -0.2) is 0 Å². The van der Waals surface area contributed by atoms with Crippen LogP contribution in [0.3, 0.4) is 0 Å². The van der Waals surface area contributed by atoms with Gasteiger partial charge in [-0.05, 0) is 6.42 Å². The third-order valence-electron chi connectivity index (χ3n) is 4.36. The van der Waals surface area contributed by atoms with Gasteiger partial charge in [-0.15, -0.1) is 0 Å². The van der Waals surface area contributed by atoms with Gasteiger partial charge in [-0.2, -0.15) is 0 Å². The van der Waals surface area contributed by atoms with Crippen molar-refractivity contribution in [2.45, 2.75) is 102 Å². The lowest BCUT2D eigenvalue weighted by Gasteiger charge is -2.37.